The molecule has 2 rings (SSSR count). The van der Waals surface area contributed by atoms with Gasteiger partial charge in [-0.15, -0.1) is 0 Å². The van der Waals surface area contributed by atoms with Crippen molar-refractivity contribution in [3.63, 3.8) is 0 Å². The second-order valence-electron chi connectivity index (χ2n) is 4.74. The van der Waals surface area contributed by atoms with Gasteiger partial charge in [-0.3, -0.25) is 9.78 Å². The summed E-state index contributed by atoms with van der Waals surface area (Å²) in [6.07, 6.45) is 1.29. The first-order chi connectivity index (χ1) is 9.47. The van der Waals surface area contributed by atoms with Gasteiger partial charge in [0.15, 0.2) is 5.82 Å². The predicted octanol–water partition coefficient (Wildman–Crippen LogP) is 1.80. The lowest BCUT2D eigenvalue weighted by atomic mass is 10.1. The van der Waals surface area contributed by atoms with Crippen molar-refractivity contribution < 1.29 is 13.6 Å². The van der Waals surface area contributed by atoms with Crippen LogP contribution in [0.4, 0.5) is 8.78 Å². The van der Waals surface area contributed by atoms with Gasteiger partial charge >= 0.3 is 0 Å². The molecule has 1 N–H and O–H groups in total. The number of carbonyl (C=O) groups is 1. The molecule has 2 aromatic rings. The topological polar surface area (TPSA) is 45.2 Å². The lowest BCUT2D eigenvalue weighted by Gasteiger charge is -2.10. The molecule has 0 saturated heterocycles. The molecule has 1 amide bonds. The number of nitrogens with one attached hydrogen (secondary N) is 1. The first kappa shape index (κ1) is 14.3. The zero-order chi connectivity index (χ0) is 14.7. The summed E-state index contributed by atoms with van der Waals surface area (Å²) >= 11 is 0. The van der Waals surface area contributed by atoms with Gasteiger partial charge in [0.05, 0.1) is 5.56 Å². The van der Waals surface area contributed by atoms with E-state index in [9.17, 15) is 13.6 Å². The van der Waals surface area contributed by atoms with Crippen LogP contribution in [-0.4, -0.2) is 43.0 Å². The minimum absolute atomic E-state index is 0.0521. The molecule has 0 spiro atoms. The Balaban J connectivity index is 2.21. The van der Waals surface area contributed by atoms with E-state index in [0.29, 0.717) is 13.1 Å². The molecule has 4 nitrogen and oxygen atoms in total. The molecule has 0 fully saturated rings. The molecule has 0 aliphatic rings. The van der Waals surface area contributed by atoms with Gasteiger partial charge in [-0.2, -0.15) is 0 Å². The van der Waals surface area contributed by atoms with Gasteiger partial charge in [-0.25, -0.2) is 8.78 Å². The Morgan fingerprint density at radius 1 is 1.30 bits per heavy atom. The smallest absolute Gasteiger partial charge is 0.252 e. The number of likely N-dealkylation sites (N-methyl/N-ethyl adjacent to an activating group) is 1. The summed E-state index contributed by atoms with van der Waals surface area (Å²) in [5.41, 5.74) is 0.331. The van der Waals surface area contributed by atoms with E-state index < -0.39 is 11.6 Å². The summed E-state index contributed by atoms with van der Waals surface area (Å²) in [7, 11) is 3.80. The second kappa shape index (κ2) is 5.92. The number of nitrogens with zero attached hydrogens (tertiary/aromatic N) is 2. The van der Waals surface area contributed by atoms with Crippen LogP contribution in [0.2, 0.25) is 0 Å². The van der Waals surface area contributed by atoms with Gasteiger partial charge in [-0.05, 0) is 26.2 Å². The fraction of sp³-hybridized carbons (Fsp3) is 0.286. The maximum Gasteiger partial charge on any atom is 0.252 e. The van der Waals surface area contributed by atoms with Crippen LogP contribution in [0.15, 0.2) is 24.4 Å². The molecule has 0 saturated carbocycles. The highest BCUT2D eigenvalue weighted by atomic mass is 19.1. The Labute approximate surface area is 115 Å². The second-order valence-corrected chi connectivity index (χ2v) is 4.74. The molecule has 0 aliphatic carbocycles. The number of rotatable bonds is 4. The standard InChI is InChI=1S/C14H15F2N3O/c1-19(2)4-3-17-14(20)10-5-9-6-11(15)7-12(16)13(9)18-8-10/h5-8H,3-4H2,1-2H3,(H,17,20). The molecule has 0 bridgehead atoms. The average molecular weight is 279 g/mol. The van der Waals surface area contributed by atoms with Crippen LogP contribution in [0, 0.1) is 11.6 Å². The molecule has 20 heavy (non-hydrogen) atoms. The van der Waals surface area contributed by atoms with Crippen LogP contribution in [-0.2, 0) is 0 Å². The fourth-order valence-electron chi connectivity index (χ4n) is 1.79. The van der Waals surface area contributed by atoms with Crippen molar-refractivity contribution in [3.8, 4) is 0 Å². The van der Waals surface area contributed by atoms with Gasteiger partial charge in [0.25, 0.3) is 5.91 Å². The van der Waals surface area contributed by atoms with Crippen molar-refractivity contribution in [1.82, 2.24) is 15.2 Å². The van der Waals surface area contributed by atoms with Gasteiger partial charge < -0.3 is 10.2 Å². The number of halogens is 2. The van der Waals surface area contributed by atoms with Crippen LogP contribution in [0.3, 0.4) is 0 Å². The molecule has 106 valence electrons. The van der Waals surface area contributed by atoms with Crippen molar-refractivity contribution in [1.29, 1.82) is 0 Å². The Morgan fingerprint density at radius 3 is 2.75 bits per heavy atom. The minimum atomic E-state index is -0.737. The van der Waals surface area contributed by atoms with Gasteiger partial charge in [0, 0.05) is 30.7 Å². The van der Waals surface area contributed by atoms with Gasteiger partial charge in [0.2, 0.25) is 0 Å². The first-order valence-corrected chi connectivity index (χ1v) is 6.15. The minimum Gasteiger partial charge on any atom is -0.351 e. The summed E-state index contributed by atoms with van der Waals surface area (Å²) in [4.78, 5) is 17.7. The third kappa shape index (κ3) is 3.27. The maximum absolute atomic E-state index is 13.5. The summed E-state index contributed by atoms with van der Waals surface area (Å²) in [6, 6.07) is 3.35. The van der Waals surface area contributed by atoms with E-state index >= 15 is 0 Å². The zero-order valence-electron chi connectivity index (χ0n) is 11.3. The quantitative estimate of drug-likeness (QED) is 0.928. The monoisotopic (exact) mass is 279 g/mol. The normalized spacial score (nSPS) is 11.1. The van der Waals surface area contributed by atoms with Gasteiger partial charge in [0.1, 0.15) is 11.3 Å². The van der Waals surface area contributed by atoms with Crippen LogP contribution in [0.5, 0.6) is 0 Å². The maximum atomic E-state index is 13.5. The molecule has 0 radical (unpaired) electrons. The number of carbonyl (C=O) groups excluding carboxylic acids is 1. The number of amides is 1. The molecule has 0 atom stereocenters. The van der Waals surface area contributed by atoms with Crippen molar-refractivity contribution in [2.24, 2.45) is 0 Å². The van der Waals surface area contributed by atoms with Crippen molar-refractivity contribution >= 4 is 16.8 Å². The number of hydrogen-bond donors (Lipinski definition) is 1. The Bertz CT molecular complexity index is 644. The summed E-state index contributed by atoms with van der Waals surface area (Å²) in [5, 5.41) is 2.98. The Hall–Kier alpha value is -2.08. The highest BCUT2D eigenvalue weighted by Crippen LogP contribution is 2.18. The van der Waals surface area contributed by atoms with Crippen LogP contribution < -0.4 is 5.32 Å². The molecule has 6 heteroatoms. The SMILES string of the molecule is CN(C)CCNC(=O)c1cnc2c(F)cc(F)cc2c1. The summed E-state index contributed by atoms with van der Waals surface area (Å²) in [6.45, 7) is 1.19. The molecule has 1 aromatic heterocycles. The lowest BCUT2D eigenvalue weighted by molar-refractivity contribution is 0.0951. The molecule has 0 aliphatic heterocycles. The molecular formula is C14H15F2N3O. The highest BCUT2D eigenvalue weighted by Gasteiger charge is 2.10. The first-order valence-electron chi connectivity index (χ1n) is 6.15. The Kier molecular flexibility index (Phi) is 4.24. The predicted molar refractivity (Wildman–Crippen MR) is 72.5 cm³/mol. The summed E-state index contributed by atoms with van der Waals surface area (Å²) in [5.74, 6) is -1.74. The molecule has 1 heterocycles. The van der Waals surface area contributed by atoms with Crippen LogP contribution >= 0.6 is 0 Å². The van der Waals surface area contributed by atoms with Crippen molar-refractivity contribution in [2.45, 2.75) is 0 Å². The van der Waals surface area contributed by atoms with E-state index in [1.807, 2.05) is 19.0 Å². The van der Waals surface area contributed by atoms with Crippen molar-refractivity contribution in [2.75, 3.05) is 27.2 Å². The largest absolute Gasteiger partial charge is 0.351 e. The van der Waals surface area contributed by atoms with Crippen LogP contribution in [0.25, 0.3) is 10.9 Å². The fourth-order valence-corrected chi connectivity index (χ4v) is 1.79. The van der Waals surface area contributed by atoms with E-state index in [0.717, 1.165) is 12.1 Å². The van der Waals surface area contributed by atoms with E-state index in [2.05, 4.69) is 10.3 Å². The van der Waals surface area contributed by atoms with E-state index in [-0.39, 0.29) is 22.4 Å². The van der Waals surface area contributed by atoms with Crippen LogP contribution in [0.1, 0.15) is 10.4 Å². The number of hydrogen-bond acceptors (Lipinski definition) is 3. The third-order valence-electron chi connectivity index (χ3n) is 2.81. The molecule has 1 aromatic carbocycles. The van der Waals surface area contributed by atoms with E-state index in [4.69, 9.17) is 0 Å². The van der Waals surface area contributed by atoms with E-state index in [1.165, 1.54) is 12.3 Å². The number of fused-ring (bicyclic) bond motifs is 1. The zero-order valence-corrected chi connectivity index (χ0v) is 11.3. The molecular weight excluding hydrogens is 264 g/mol. The number of benzene rings is 1. The van der Waals surface area contributed by atoms with Gasteiger partial charge in [-0.1, -0.05) is 0 Å². The summed E-state index contributed by atoms with van der Waals surface area (Å²) < 4.78 is 26.6. The number of aromatic nitrogens is 1. The average Bonchev–Trinajstić information content (AvgIpc) is 2.37. The molecule has 0 unspecified atom stereocenters. The number of pyridine rings is 1. The third-order valence-corrected chi connectivity index (χ3v) is 2.81. The van der Waals surface area contributed by atoms with Crippen molar-refractivity contribution in [3.05, 3.63) is 41.6 Å². The Morgan fingerprint density at radius 2 is 2.05 bits per heavy atom. The highest BCUT2D eigenvalue weighted by molar-refractivity contribution is 5.97. The lowest BCUT2D eigenvalue weighted by Crippen LogP contribution is -2.31. The van der Waals surface area contributed by atoms with E-state index in [1.54, 1.807) is 0 Å².